The predicted octanol–water partition coefficient (Wildman–Crippen LogP) is 1.30. The van der Waals surface area contributed by atoms with Gasteiger partial charge in [-0.15, -0.1) is 0 Å². The van der Waals surface area contributed by atoms with E-state index in [-0.39, 0.29) is 17.1 Å². The number of anilines is 2. The molecule has 0 saturated carbocycles. The summed E-state index contributed by atoms with van der Waals surface area (Å²) >= 11 is 4.66. The van der Waals surface area contributed by atoms with Crippen LogP contribution in [0.1, 0.15) is 8.29 Å². The van der Waals surface area contributed by atoms with Gasteiger partial charge in [-0.05, 0) is 36.5 Å². The SMILES string of the molecule is [2H]c1cc(NC(N)=S)ccc1NC(C)=O. The molecule has 0 aromatic heterocycles. The van der Waals surface area contributed by atoms with E-state index in [1.807, 2.05) is 0 Å². The Morgan fingerprint density at radius 2 is 2.07 bits per heavy atom. The number of carbonyl (C=O) groups excluding carboxylic acids is 1. The molecule has 4 nitrogen and oxygen atoms in total. The molecule has 0 aliphatic carbocycles. The lowest BCUT2D eigenvalue weighted by atomic mass is 10.3. The number of carbonyl (C=O) groups is 1. The lowest BCUT2D eigenvalue weighted by Crippen LogP contribution is -2.18. The van der Waals surface area contributed by atoms with E-state index in [2.05, 4.69) is 22.9 Å². The largest absolute Gasteiger partial charge is 0.376 e. The standard InChI is InChI=1S/C9H11N3OS/c1-6(13)11-7-2-4-8(5-3-7)12-9(10)14/h2-5H,1H3,(H,11,13)(H3,10,12,14)/i2D. The molecule has 1 aromatic rings. The van der Waals surface area contributed by atoms with Crippen molar-refractivity contribution in [1.82, 2.24) is 0 Å². The van der Waals surface area contributed by atoms with E-state index >= 15 is 0 Å². The average molecular weight is 210 g/mol. The second kappa shape index (κ2) is 4.57. The van der Waals surface area contributed by atoms with E-state index in [0.717, 1.165) is 0 Å². The molecule has 1 rings (SSSR count). The molecule has 0 atom stereocenters. The fourth-order valence-electron chi connectivity index (χ4n) is 0.912. The maximum Gasteiger partial charge on any atom is 0.221 e. The van der Waals surface area contributed by atoms with E-state index in [0.29, 0.717) is 11.4 Å². The summed E-state index contributed by atoms with van der Waals surface area (Å²) in [7, 11) is 0. The molecule has 0 bridgehead atoms. The number of nitrogens with one attached hydrogen (secondary N) is 2. The second-order valence-corrected chi connectivity index (χ2v) is 3.10. The van der Waals surface area contributed by atoms with Crippen LogP contribution < -0.4 is 16.4 Å². The number of hydrogen-bond acceptors (Lipinski definition) is 2. The number of rotatable bonds is 2. The van der Waals surface area contributed by atoms with Gasteiger partial charge in [-0.2, -0.15) is 0 Å². The summed E-state index contributed by atoms with van der Waals surface area (Å²) in [6, 6.07) is 5.03. The molecule has 5 heteroatoms. The molecule has 1 amide bonds. The molecule has 0 saturated heterocycles. The van der Waals surface area contributed by atoms with Crippen LogP contribution in [0.4, 0.5) is 11.4 Å². The van der Waals surface area contributed by atoms with Crippen molar-refractivity contribution in [3.05, 3.63) is 24.2 Å². The van der Waals surface area contributed by atoms with Gasteiger partial charge in [0.2, 0.25) is 5.91 Å². The first-order chi connectivity index (χ1) is 6.99. The quantitative estimate of drug-likeness (QED) is 0.644. The topological polar surface area (TPSA) is 67.2 Å². The molecule has 0 heterocycles. The predicted molar refractivity (Wildman–Crippen MR) is 61.2 cm³/mol. The van der Waals surface area contributed by atoms with Crippen LogP contribution in [-0.2, 0) is 4.79 Å². The highest BCUT2D eigenvalue weighted by Gasteiger charge is 1.96. The summed E-state index contributed by atoms with van der Waals surface area (Å²) in [4.78, 5) is 10.8. The van der Waals surface area contributed by atoms with Gasteiger partial charge in [-0.1, -0.05) is 0 Å². The summed E-state index contributed by atoms with van der Waals surface area (Å²) in [5.74, 6) is -0.210. The Bertz CT molecular complexity index is 408. The maximum absolute atomic E-state index is 10.8. The van der Waals surface area contributed by atoms with Crippen molar-refractivity contribution in [1.29, 1.82) is 0 Å². The Morgan fingerprint density at radius 3 is 2.57 bits per heavy atom. The Morgan fingerprint density at radius 1 is 1.43 bits per heavy atom. The zero-order chi connectivity index (χ0) is 11.4. The Hall–Kier alpha value is -1.62. The van der Waals surface area contributed by atoms with Gasteiger partial charge in [0.1, 0.15) is 0 Å². The lowest BCUT2D eigenvalue weighted by molar-refractivity contribution is -0.114. The molecule has 0 aliphatic heterocycles. The van der Waals surface area contributed by atoms with Crippen LogP contribution in [0.3, 0.4) is 0 Å². The van der Waals surface area contributed by atoms with Gasteiger partial charge in [0.15, 0.2) is 5.11 Å². The molecule has 0 unspecified atom stereocenters. The first-order valence-corrected chi connectivity index (χ1v) is 4.34. The van der Waals surface area contributed by atoms with Gasteiger partial charge in [-0.3, -0.25) is 4.79 Å². The third-order valence-corrected chi connectivity index (χ3v) is 1.49. The smallest absolute Gasteiger partial charge is 0.221 e. The molecule has 74 valence electrons. The van der Waals surface area contributed by atoms with Crippen LogP contribution >= 0.6 is 12.2 Å². The van der Waals surface area contributed by atoms with E-state index in [9.17, 15) is 4.79 Å². The maximum atomic E-state index is 10.8. The van der Waals surface area contributed by atoms with Gasteiger partial charge < -0.3 is 16.4 Å². The van der Waals surface area contributed by atoms with Crippen LogP contribution in [0.25, 0.3) is 0 Å². The minimum atomic E-state index is -0.210. The zero-order valence-corrected chi connectivity index (χ0v) is 8.44. The molecule has 0 radical (unpaired) electrons. The van der Waals surface area contributed by atoms with Crippen LogP contribution in [0.2, 0.25) is 0 Å². The molecule has 14 heavy (non-hydrogen) atoms. The van der Waals surface area contributed by atoms with Crippen molar-refractivity contribution in [2.75, 3.05) is 10.6 Å². The molecule has 1 aromatic carbocycles. The number of thiocarbonyl (C=S) groups is 1. The first-order valence-electron chi connectivity index (χ1n) is 4.43. The van der Waals surface area contributed by atoms with Gasteiger partial charge in [0, 0.05) is 18.3 Å². The number of benzene rings is 1. The van der Waals surface area contributed by atoms with Crippen LogP contribution in [0.5, 0.6) is 0 Å². The van der Waals surface area contributed by atoms with Crippen molar-refractivity contribution in [3.63, 3.8) is 0 Å². The van der Waals surface area contributed by atoms with Crippen molar-refractivity contribution in [2.45, 2.75) is 6.92 Å². The minimum Gasteiger partial charge on any atom is -0.376 e. The first kappa shape index (κ1) is 8.96. The fraction of sp³-hybridized carbons (Fsp3) is 0.111. The number of hydrogen-bond donors (Lipinski definition) is 3. The lowest BCUT2D eigenvalue weighted by Gasteiger charge is -2.05. The second-order valence-electron chi connectivity index (χ2n) is 2.66. The zero-order valence-electron chi connectivity index (χ0n) is 8.63. The molecule has 0 fully saturated rings. The Balaban J connectivity index is 2.87. The molecular formula is C9H11N3OS. The number of amides is 1. The summed E-state index contributed by atoms with van der Waals surface area (Å²) < 4.78 is 7.61. The third-order valence-electron chi connectivity index (χ3n) is 1.39. The Labute approximate surface area is 88.9 Å². The van der Waals surface area contributed by atoms with Gasteiger partial charge in [0.25, 0.3) is 0 Å². The van der Waals surface area contributed by atoms with Crippen molar-refractivity contribution < 1.29 is 6.17 Å². The molecular weight excluding hydrogens is 198 g/mol. The van der Waals surface area contributed by atoms with Crippen LogP contribution in [0, 0.1) is 0 Å². The van der Waals surface area contributed by atoms with E-state index in [1.54, 1.807) is 12.1 Å². The van der Waals surface area contributed by atoms with E-state index in [4.69, 9.17) is 7.10 Å². The summed E-state index contributed by atoms with van der Waals surface area (Å²) in [5, 5.41) is 5.38. The van der Waals surface area contributed by atoms with Gasteiger partial charge in [0.05, 0.1) is 1.37 Å². The van der Waals surface area contributed by atoms with E-state index < -0.39 is 0 Å². The highest BCUT2D eigenvalue weighted by Crippen LogP contribution is 2.12. The molecule has 0 aliphatic rings. The average Bonchev–Trinajstić information content (AvgIpc) is 2.08. The Kier molecular flexibility index (Phi) is 2.92. The highest BCUT2D eigenvalue weighted by atomic mass is 32.1. The minimum absolute atomic E-state index is 0.140. The fourth-order valence-corrected chi connectivity index (χ4v) is 1.03. The van der Waals surface area contributed by atoms with Gasteiger partial charge in [-0.25, -0.2) is 0 Å². The third kappa shape index (κ3) is 3.40. The molecule has 4 N–H and O–H groups in total. The summed E-state index contributed by atoms with van der Waals surface area (Å²) in [5.41, 5.74) is 6.36. The summed E-state index contributed by atoms with van der Waals surface area (Å²) in [6.07, 6.45) is 0. The van der Waals surface area contributed by atoms with Crippen molar-refractivity contribution >= 4 is 34.6 Å². The number of nitrogens with two attached hydrogens (primary N) is 1. The normalized spacial score (nSPS) is 10.2. The van der Waals surface area contributed by atoms with Crippen LogP contribution in [0.15, 0.2) is 24.2 Å². The van der Waals surface area contributed by atoms with Crippen molar-refractivity contribution in [3.8, 4) is 0 Å². The van der Waals surface area contributed by atoms with Crippen molar-refractivity contribution in [2.24, 2.45) is 5.73 Å². The van der Waals surface area contributed by atoms with E-state index in [1.165, 1.54) is 13.0 Å². The molecule has 0 spiro atoms. The van der Waals surface area contributed by atoms with Gasteiger partial charge >= 0.3 is 0 Å². The summed E-state index contributed by atoms with van der Waals surface area (Å²) in [6.45, 7) is 1.39. The monoisotopic (exact) mass is 210 g/mol. The van der Waals surface area contributed by atoms with Crippen LogP contribution in [-0.4, -0.2) is 11.0 Å². The highest BCUT2D eigenvalue weighted by molar-refractivity contribution is 7.80.